The van der Waals surface area contributed by atoms with Gasteiger partial charge in [0.05, 0.1) is 17.1 Å². The topological polar surface area (TPSA) is 61.8 Å². The average molecular weight is 414 g/mol. The fraction of sp³-hybridized carbons (Fsp3) is 0.278. The summed E-state index contributed by atoms with van der Waals surface area (Å²) in [4.78, 5) is 5.46. The molecule has 0 amide bonds. The largest absolute Gasteiger partial charge is 0.316 e. The highest BCUT2D eigenvalue weighted by molar-refractivity contribution is 7.92. The van der Waals surface area contributed by atoms with Crippen LogP contribution in [0.2, 0.25) is 0 Å². The molecule has 2 aromatic carbocycles. The minimum absolute atomic E-state index is 0.0894. The molecule has 0 bridgehead atoms. The Hall–Kier alpha value is -2.19. The summed E-state index contributed by atoms with van der Waals surface area (Å²) < 4.78 is 55.7. The predicted octanol–water partition coefficient (Wildman–Crippen LogP) is 4.52. The third kappa shape index (κ3) is 3.91. The quantitative estimate of drug-likeness (QED) is 0.783. The maximum Gasteiger partial charge on any atom is 0.232 e. The second-order valence-electron chi connectivity index (χ2n) is 6.22. The molecule has 0 aromatic heterocycles. The van der Waals surface area contributed by atoms with Crippen molar-refractivity contribution in [1.29, 1.82) is 0 Å². The molecule has 5 nitrogen and oxygen atoms in total. The fourth-order valence-corrected chi connectivity index (χ4v) is 4.23. The number of fused-ring (bicyclic) bond motifs is 1. The maximum atomic E-state index is 15.1. The summed E-state index contributed by atoms with van der Waals surface area (Å²) in [5.74, 6) is -2.00. The van der Waals surface area contributed by atoms with Gasteiger partial charge in [-0.05, 0) is 37.6 Å². The highest BCUT2D eigenvalue weighted by Gasteiger charge is 2.27. The standard InChI is InChI=1S/C18H18ClF2N3O2S/c1-3-8-27(25,26)23-14-6-5-13(20)17(16(14)21)24-10-22-18(19)12-9-11(2)4-7-15(12)24/h4-7,9,23H,3,8,10H2,1-2H3. The molecular formula is C18H18ClF2N3O2S. The van der Waals surface area contributed by atoms with Gasteiger partial charge in [-0.25, -0.2) is 17.2 Å². The molecule has 27 heavy (non-hydrogen) atoms. The normalized spacial score (nSPS) is 14.0. The van der Waals surface area contributed by atoms with Gasteiger partial charge in [-0.3, -0.25) is 9.71 Å². The van der Waals surface area contributed by atoms with E-state index in [9.17, 15) is 12.8 Å². The van der Waals surface area contributed by atoms with Crippen LogP contribution in [0, 0.1) is 18.6 Å². The van der Waals surface area contributed by atoms with Gasteiger partial charge in [-0.15, -0.1) is 0 Å². The lowest BCUT2D eigenvalue weighted by Crippen LogP contribution is -2.26. The number of rotatable bonds is 5. The van der Waals surface area contributed by atoms with E-state index in [4.69, 9.17) is 11.6 Å². The molecule has 144 valence electrons. The Kier molecular flexibility index (Phi) is 5.39. The van der Waals surface area contributed by atoms with Gasteiger partial charge in [-0.1, -0.05) is 30.2 Å². The second kappa shape index (κ2) is 7.44. The van der Waals surface area contributed by atoms with Crippen molar-refractivity contribution >= 4 is 43.9 Å². The summed E-state index contributed by atoms with van der Waals surface area (Å²) in [5, 5.41) is 0.255. The van der Waals surface area contributed by atoms with E-state index in [0.717, 1.165) is 17.7 Å². The van der Waals surface area contributed by atoms with Gasteiger partial charge in [0, 0.05) is 5.56 Å². The average Bonchev–Trinajstić information content (AvgIpc) is 2.59. The summed E-state index contributed by atoms with van der Waals surface area (Å²) in [7, 11) is -3.72. The van der Waals surface area contributed by atoms with E-state index in [0.29, 0.717) is 17.7 Å². The van der Waals surface area contributed by atoms with Crippen molar-refractivity contribution < 1.29 is 17.2 Å². The lowest BCUT2D eigenvalue weighted by molar-refractivity contribution is 0.580. The maximum absolute atomic E-state index is 15.1. The van der Waals surface area contributed by atoms with E-state index in [1.807, 2.05) is 6.92 Å². The van der Waals surface area contributed by atoms with Gasteiger partial charge in [0.2, 0.25) is 10.0 Å². The number of aryl methyl sites for hydroxylation is 1. The third-order valence-electron chi connectivity index (χ3n) is 4.09. The number of nitrogens with one attached hydrogen (secondary N) is 1. The van der Waals surface area contributed by atoms with Crippen LogP contribution in [-0.2, 0) is 10.0 Å². The van der Waals surface area contributed by atoms with Crippen LogP contribution in [0.25, 0.3) is 0 Å². The Morgan fingerprint density at radius 3 is 2.70 bits per heavy atom. The molecule has 0 spiro atoms. The molecule has 1 N–H and O–H groups in total. The highest BCUT2D eigenvalue weighted by Crippen LogP contribution is 2.38. The van der Waals surface area contributed by atoms with Crippen molar-refractivity contribution in [3.8, 4) is 0 Å². The zero-order chi connectivity index (χ0) is 19.8. The molecular weight excluding hydrogens is 396 g/mol. The highest BCUT2D eigenvalue weighted by atomic mass is 35.5. The van der Waals surface area contributed by atoms with Crippen LogP contribution in [0.5, 0.6) is 0 Å². The zero-order valence-electron chi connectivity index (χ0n) is 14.8. The Bertz CT molecular complexity index is 1030. The minimum atomic E-state index is -3.72. The predicted molar refractivity (Wildman–Crippen MR) is 105 cm³/mol. The van der Waals surface area contributed by atoms with Crippen molar-refractivity contribution in [2.75, 3.05) is 22.0 Å². The molecule has 0 saturated heterocycles. The Labute approximate surface area is 161 Å². The van der Waals surface area contributed by atoms with Crippen LogP contribution < -0.4 is 9.62 Å². The number of aliphatic imine (C=N–C) groups is 1. The van der Waals surface area contributed by atoms with Crippen molar-refractivity contribution in [2.45, 2.75) is 20.3 Å². The van der Waals surface area contributed by atoms with Gasteiger partial charge in [0.1, 0.15) is 23.3 Å². The van der Waals surface area contributed by atoms with E-state index in [-0.39, 0.29) is 29.0 Å². The lowest BCUT2D eigenvalue weighted by atomic mass is 10.1. The second-order valence-corrected chi connectivity index (χ2v) is 8.42. The van der Waals surface area contributed by atoms with Crippen LogP contribution in [0.3, 0.4) is 0 Å². The van der Waals surface area contributed by atoms with Crippen LogP contribution >= 0.6 is 11.6 Å². The third-order valence-corrected chi connectivity index (χ3v) is 5.89. The van der Waals surface area contributed by atoms with E-state index in [1.165, 1.54) is 4.90 Å². The Balaban J connectivity index is 2.10. The fourth-order valence-electron chi connectivity index (χ4n) is 2.89. The molecule has 1 aliphatic heterocycles. The lowest BCUT2D eigenvalue weighted by Gasteiger charge is -2.30. The molecule has 0 unspecified atom stereocenters. The number of hydrogen-bond acceptors (Lipinski definition) is 4. The summed E-state index contributed by atoms with van der Waals surface area (Å²) in [6.45, 7) is 3.47. The van der Waals surface area contributed by atoms with Crippen LogP contribution in [0.4, 0.5) is 25.8 Å². The first-order chi connectivity index (χ1) is 12.7. The monoisotopic (exact) mass is 413 g/mol. The molecule has 3 rings (SSSR count). The first kappa shape index (κ1) is 19.6. The Morgan fingerprint density at radius 1 is 1.26 bits per heavy atom. The van der Waals surface area contributed by atoms with E-state index in [2.05, 4.69) is 9.71 Å². The number of halogens is 3. The van der Waals surface area contributed by atoms with Crippen LogP contribution in [-0.4, -0.2) is 26.0 Å². The smallest absolute Gasteiger partial charge is 0.232 e. The molecule has 0 aliphatic carbocycles. The number of benzene rings is 2. The molecule has 0 radical (unpaired) electrons. The molecule has 2 aromatic rings. The summed E-state index contributed by atoms with van der Waals surface area (Å²) in [6.07, 6.45) is 0.372. The zero-order valence-corrected chi connectivity index (χ0v) is 16.3. The van der Waals surface area contributed by atoms with E-state index in [1.54, 1.807) is 25.1 Å². The molecule has 9 heteroatoms. The first-order valence-electron chi connectivity index (χ1n) is 8.30. The SMILES string of the molecule is CCCS(=O)(=O)Nc1ccc(F)c(N2CN=C(Cl)c3cc(C)ccc32)c1F. The van der Waals surface area contributed by atoms with Gasteiger partial charge in [0.15, 0.2) is 5.82 Å². The molecule has 0 saturated carbocycles. The van der Waals surface area contributed by atoms with Gasteiger partial charge >= 0.3 is 0 Å². The number of nitrogens with zero attached hydrogens (tertiary/aromatic N) is 2. The summed E-state index contributed by atoms with van der Waals surface area (Å²) in [5.41, 5.74) is 1.27. The first-order valence-corrected chi connectivity index (χ1v) is 10.3. The molecule has 1 aliphatic rings. The molecule has 1 heterocycles. The molecule has 0 atom stereocenters. The minimum Gasteiger partial charge on any atom is -0.316 e. The van der Waals surface area contributed by atoms with Crippen molar-refractivity contribution in [3.63, 3.8) is 0 Å². The van der Waals surface area contributed by atoms with Gasteiger partial charge < -0.3 is 4.90 Å². The Morgan fingerprint density at radius 2 is 2.00 bits per heavy atom. The van der Waals surface area contributed by atoms with E-state index >= 15 is 4.39 Å². The van der Waals surface area contributed by atoms with Crippen LogP contribution in [0.1, 0.15) is 24.5 Å². The van der Waals surface area contributed by atoms with E-state index < -0.39 is 21.7 Å². The summed E-state index contributed by atoms with van der Waals surface area (Å²) in [6, 6.07) is 7.37. The van der Waals surface area contributed by atoms with Crippen molar-refractivity contribution in [1.82, 2.24) is 0 Å². The number of anilines is 3. The van der Waals surface area contributed by atoms with Crippen molar-refractivity contribution in [2.24, 2.45) is 4.99 Å². The van der Waals surface area contributed by atoms with Crippen LogP contribution in [0.15, 0.2) is 35.3 Å². The summed E-state index contributed by atoms with van der Waals surface area (Å²) >= 11 is 6.15. The number of sulfonamides is 1. The number of hydrogen-bond donors (Lipinski definition) is 1. The van der Waals surface area contributed by atoms with Gasteiger partial charge in [0.25, 0.3) is 0 Å². The van der Waals surface area contributed by atoms with Gasteiger partial charge in [-0.2, -0.15) is 0 Å². The van der Waals surface area contributed by atoms with Crippen molar-refractivity contribution in [3.05, 3.63) is 53.1 Å². The molecule has 0 fully saturated rings.